The molecule has 0 aromatic heterocycles. The van der Waals surface area contributed by atoms with E-state index in [-0.39, 0.29) is 31.3 Å². The summed E-state index contributed by atoms with van der Waals surface area (Å²) in [6.45, 7) is 4.16. The Kier molecular flexibility index (Phi) is 4.51. The summed E-state index contributed by atoms with van der Waals surface area (Å²) in [5.41, 5.74) is 3.50. The van der Waals surface area contributed by atoms with E-state index in [1.807, 2.05) is 26.0 Å². The van der Waals surface area contributed by atoms with Crippen molar-refractivity contribution in [3.8, 4) is 11.5 Å². The van der Waals surface area contributed by atoms with Gasteiger partial charge in [0.05, 0.1) is 0 Å². The van der Waals surface area contributed by atoms with E-state index in [0.29, 0.717) is 22.7 Å². The molecule has 0 aliphatic carbocycles. The number of rotatable bonds is 5. The van der Waals surface area contributed by atoms with E-state index in [2.05, 4.69) is 5.32 Å². The second kappa shape index (κ2) is 6.74. The maximum Gasteiger partial charge on any atom is 0.231 e. The lowest BCUT2D eigenvalue weighted by molar-refractivity contribution is -0.116. The van der Waals surface area contributed by atoms with Crippen molar-refractivity contribution >= 4 is 17.4 Å². The lowest BCUT2D eigenvalue weighted by Crippen LogP contribution is -2.13. The van der Waals surface area contributed by atoms with Crippen molar-refractivity contribution in [3.63, 3.8) is 0 Å². The first-order chi connectivity index (χ1) is 11.5. The fourth-order valence-electron chi connectivity index (χ4n) is 2.48. The molecule has 1 aliphatic heterocycles. The lowest BCUT2D eigenvalue weighted by atomic mass is 10.0. The highest BCUT2D eigenvalue weighted by atomic mass is 16.7. The molecule has 5 nitrogen and oxygen atoms in total. The van der Waals surface area contributed by atoms with Gasteiger partial charge in [-0.05, 0) is 43.2 Å². The summed E-state index contributed by atoms with van der Waals surface area (Å²) in [5.74, 6) is 1.04. The summed E-state index contributed by atoms with van der Waals surface area (Å²) >= 11 is 0. The highest BCUT2D eigenvalue weighted by molar-refractivity contribution is 6.00. The first-order valence-corrected chi connectivity index (χ1v) is 7.83. The Balaban J connectivity index is 1.55. The number of fused-ring (bicyclic) bond motifs is 1. The summed E-state index contributed by atoms with van der Waals surface area (Å²) in [6.07, 6.45) is 0.319. The van der Waals surface area contributed by atoms with Crippen molar-refractivity contribution in [2.24, 2.45) is 0 Å². The predicted molar refractivity (Wildman–Crippen MR) is 90.7 cm³/mol. The summed E-state index contributed by atoms with van der Waals surface area (Å²) in [6, 6.07) is 10.8. The smallest absolute Gasteiger partial charge is 0.231 e. The molecule has 0 radical (unpaired) electrons. The highest BCUT2D eigenvalue weighted by Crippen LogP contribution is 2.34. The van der Waals surface area contributed by atoms with Crippen LogP contribution in [0.25, 0.3) is 0 Å². The molecule has 0 saturated carbocycles. The topological polar surface area (TPSA) is 64.6 Å². The number of amides is 1. The molecule has 0 saturated heterocycles. The van der Waals surface area contributed by atoms with Crippen molar-refractivity contribution in [2.45, 2.75) is 26.7 Å². The Morgan fingerprint density at radius 1 is 0.958 bits per heavy atom. The van der Waals surface area contributed by atoms with Crippen LogP contribution in [-0.2, 0) is 4.79 Å². The maximum absolute atomic E-state index is 12.2. The summed E-state index contributed by atoms with van der Waals surface area (Å²) in [7, 11) is 0. The van der Waals surface area contributed by atoms with Gasteiger partial charge in [0, 0.05) is 30.2 Å². The van der Waals surface area contributed by atoms with Gasteiger partial charge in [-0.25, -0.2) is 0 Å². The van der Waals surface area contributed by atoms with Crippen LogP contribution in [0.4, 0.5) is 5.69 Å². The normalized spacial score (nSPS) is 12.1. The van der Waals surface area contributed by atoms with Gasteiger partial charge in [0.25, 0.3) is 0 Å². The van der Waals surface area contributed by atoms with Crippen LogP contribution >= 0.6 is 0 Å². The van der Waals surface area contributed by atoms with Gasteiger partial charge >= 0.3 is 0 Å². The number of ketones is 1. The van der Waals surface area contributed by atoms with Crippen LogP contribution in [0.5, 0.6) is 11.5 Å². The number of nitrogens with one attached hydrogen (secondary N) is 1. The van der Waals surface area contributed by atoms with Crippen LogP contribution < -0.4 is 14.8 Å². The number of aryl methyl sites for hydroxylation is 2. The molecule has 0 unspecified atom stereocenters. The lowest BCUT2D eigenvalue weighted by Gasteiger charge is -2.07. The third kappa shape index (κ3) is 3.56. The molecule has 124 valence electrons. The number of ether oxygens (including phenoxy) is 2. The fourth-order valence-corrected chi connectivity index (χ4v) is 2.48. The first kappa shape index (κ1) is 16.1. The van der Waals surface area contributed by atoms with Gasteiger partial charge < -0.3 is 14.8 Å². The summed E-state index contributed by atoms with van der Waals surface area (Å²) < 4.78 is 10.5. The van der Waals surface area contributed by atoms with Crippen LogP contribution in [0.3, 0.4) is 0 Å². The van der Waals surface area contributed by atoms with Gasteiger partial charge in [-0.3, -0.25) is 9.59 Å². The summed E-state index contributed by atoms with van der Waals surface area (Å²) in [5, 5.41) is 2.77. The molecule has 1 aliphatic rings. The molecule has 2 aromatic carbocycles. The minimum Gasteiger partial charge on any atom is -0.454 e. The zero-order chi connectivity index (χ0) is 17.1. The number of hydrogen-bond donors (Lipinski definition) is 1. The number of hydrogen-bond acceptors (Lipinski definition) is 4. The quantitative estimate of drug-likeness (QED) is 0.853. The minimum atomic E-state index is -0.203. The van der Waals surface area contributed by atoms with E-state index in [9.17, 15) is 9.59 Å². The zero-order valence-electron chi connectivity index (χ0n) is 13.7. The molecule has 1 heterocycles. The van der Waals surface area contributed by atoms with Crippen LogP contribution in [0.2, 0.25) is 0 Å². The Morgan fingerprint density at radius 3 is 2.54 bits per heavy atom. The Labute approximate surface area is 140 Å². The molecule has 2 aromatic rings. The summed E-state index contributed by atoms with van der Waals surface area (Å²) in [4.78, 5) is 24.2. The van der Waals surface area contributed by atoms with E-state index in [1.54, 1.807) is 24.3 Å². The van der Waals surface area contributed by atoms with Gasteiger partial charge in [-0.15, -0.1) is 0 Å². The molecular weight excluding hydrogens is 306 g/mol. The fraction of sp³-hybridized carbons (Fsp3) is 0.263. The van der Waals surface area contributed by atoms with Crippen molar-refractivity contribution in [3.05, 3.63) is 53.1 Å². The predicted octanol–water partition coefficient (Wildman–Crippen LogP) is 3.63. The van der Waals surface area contributed by atoms with Gasteiger partial charge in [0.2, 0.25) is 12.7 Å². The third-order valence-corrected chi connectivity index (χ3v) is 4.06. The SMILES string of the molecule is Cc1ccc(C(=O)CCC(=O)Nc2ccc3c(c2)OCO3)cc1C. The number of benzene rings is 2. The second-order valence-electron chi connectivity index (χ2n) is 5.84. The van der Waals surface area contributed by atoms with Gasteiger partial charge in [0.1, 0.15) is 0 Å². The molecule has 0 atom stereocenters. The molecule has 1 N–H and O–H groups in total. The Hall–Kier alpha value is -2.82. The van der Waals surface area contributed by atoms with E-state index in [1.165, 1.54) is 0 Å². The minimum absolute atomic E-state index is 0.0288. The van der Waals surface area contributed by atoms with Crippen LogP contribution in [0.1, 0.15) is 34.3 Å². The molecule has 24 heavy (non-hydrogen) atoms. The molecule has 3 rings (SSSR count). The van der Waals surface area contributed by atoms with Gasteiger partial charge in [0.15, 0.2) is 17.3 Å². The molecule has 0 bridgehead atoms. The van der Waals surface area contributed by atoms with Crippen molar-refractivity contribution in [1.82, 2.24) is 0 Å². The molecule has 0 spiro atoms. The van der Waals surface area contributed by atoms with Crippen LogP contribution in [0, 0.1) is 13.8 Å². The van der Waals surface area contributed by atoms with Crippen molar-refractivity contribution in [2.75, 3.05) is 12.1 Å². The number of Topliss-reactive ketones (excluding diaryl/α,β-unsaturated/α-hetero) is 1. The van der Waals surface area contributed by atoms with Crippen LogP contribution in [-0.4, -0.2) is 18.5 Å². The first-order valence-electron chi connectivity index (χ1n) is 7.83. The number of carbonyl (C=O) groups excluding carboxylic acids is 2. The standard InChI is InChI=1S/C19H19NO4/c1-12-3-4-14(9-13(12)2)16(21)6-8-19(22)20-15-5-7-17-18(10-15)24-11-23-17/h3-5,7,9-10H,6,8,11H2,1-2H3,(H,20,22). The maximum atomic E-state index is 12.2. The molecule has 0 fully saturated rings. The monoisotopic (exact) mass is 325 g/mol. The van der Waals surface area contributed by atoms with E-state index >= 15 is 0 Å². The van der Waals surface area contributed by atoms with E-state index in [4.69, 9.17) is 9.47 Å². The van der Waals surface area contributed by atoms with E-state index in [0.717, 1.165) is 11.1 Å². The third-order valence-electron chi connectivity index (χ3n) is 4.06. The van der Waals surface area contributed by atoms with Crippen molar-refractivity contribution < 1.29 is 19.1 Å². The Morgan fingerprint density at radius 2 is 1.75 bits per heavy atom. The average molecular weight is 325 g/mol. The van der Waals surface area contributed by atoms with E-state index < -0.39 is 0 Å². The zero-order valence-corrected chi connectivity index (χ0v) is 13.7. The van der Waals surface area contributed by atoms with Crippen molar-refractivity contribution in [1.29, 1.82) is 0 Å². The molecule has 5 heteroatoms. The highest BCUT2D eigenvalue weighted by Gasteiger charge is 2.15. The molecular formula is C19H19NO4. The largest absolute Gasteiger partial charge is 0.454 e. The van der Waals surface area contributed by atoms with Crippen LogP contribution in [0.15, 0.2) is 36.4 Å². The van der Waals surface area contributed by atoms with Gasteiger partial charge in [-0.2, -0.15) is 0 Å². The van der Waals surface area contributed by atoms with Gasteiger partial charge in [-0.1, -0.05) is 12.1 Å². The average Bonchev–Trinajstić information content (AvgIpc) is 3.03. The Bertz CT molecular complexity index is 798. The molecule has 1 amide bonds. The number of carbonyl (C=O) groups is 2. The number of anilines is 1. The second-order valence-corrected chi connectivity index (χ2v) is 5.84.